The number of aromatic nitrogens is 2. The SMILES string of the molecule is [C-]#[N+]c1ccc(N(Cc2nnc(-c3ccc(S(C)=O)cc3)o2)CC(F)(F)F)cc1C(F)(F)F. The zero-order valence-electron chi connectivity index (χ0n) is 16.7. The van der Waals surface area contributed by atoms with Crippen LogP contribution in [0.5, 0.6) is 0 Å². The summed E-state index contributed by atoms with van der Waals surface area (Å²) in [4.78, 5) is 3.92. The van der Waals surface area contributed by atoms with Crippen LogP contribution >= 0.6 is 0 Å². The van der Waals surface area contributed by atoms with E-state index in [4.69, 9.17) is 11.0 Å². The molecular weight excluding hydrogens is 474 g/mol. The number of hydrogen-bond donors (Lipinski definition) is 0. The maximum atomic E-state index is 13.3. The van der Waals surface area contributed by atoms with E-state index in [0.717, 1.165) is 12.1 Å². The Hall–Kier alpha value is -3.40. The van der Waals surface area contributed by atoms with Crippen molar-refractivity contribution in [3.05, 3.63) is 65.3 Å². The third-order valence-electron chi connectivity index (χ3n) is 4.37. The third-order valence-corrected chi connectivity index (χ3v) is 5.30. The van der Waals surface area contributed by atoms with Crippen LogP contribution in [0, 0.1) is 6.57 Å². The van der Waals surface area contributed by atoms with Gasteiger partial charge in [-0.15, -0.1) is 10.2 Å². The van der Waals surface area contributed by atoms with Crippen LogP contribution in [0.25, 0.3) is 16.3 Å². The van der Waals surface area contributed by atoms with Gasteiger partial charge in [-0.1, -0.05) is 6.07 Å². The van der Waals surface area contributed by atoms with Gasteiger partial charge in [0, 0.05) is 33.2 Å². The Labute approximate surface area is 186 Å². The molecule has 33 heavy (non-hydrogen) atoms. The Kier molecular flexibility index (Phi) is 6.78. The van der Waals surface area contributed by atoms with Gasteiger partial charge in [0.15, 0.2) is 5.69 Å². The molecule has 1 atom stereocenters. The number of anilines is 1. The van der Waals surface area contributed by atoms with E-state index in [9.17, 15) is 30.6 Å². The van der Waals surface area contributed by atoms with Gasteiger partial charge in [0.25, 0.3) is 0 Å². The van der Waals surface area contributed by atoms with Gasteiger partial charge in [0.1, 0.15) is 6.54 Å². The Morgan fingerprint density at radius 2 is 1.73 bits per heavy atom. The van der Waals surface area contributed by atoms with Crippen molar-refractivity contribution in [2.75, 3.05) is 17.7 Å². The predicted octanol–water partition coefficient (Wildman–Crippen LogP) is 5.61. The van der Waals surface area contributed by atoms with Crippen LogP contribution in [-0.2, 0) is 23.5 Å². The van der Waals surface area contributed by atoms with Gasteiger partial charge in [-0.25, -0.2) is 4.85 Å². The Balaban J connectivity index is 1.92. The topological polar surface area (TPSA) is 63.6 Å². The molecule has 0 fully saturated rings. The maximum Gasteiger partial charge on any atom is 0.407 e. The second-order valence-electron chi connectivity index (χ2n) is 6.76. The molecule has 0 aliphatic rings. The highest BCUT2D eigenvalue weighted by Crippen LogP contribution is 2.39. The summed E-state index contributed by atoms with van der Waals surface area (Å²) in [5, 5.41) is 7.46. The summed E-state index contributed by atoms with van der Waals surface area (Å²) in [6.45, 7) is 4.65. The summed E-state index contributed by atoms with van der Waals surface area (Å²) < 4.78 is 96.1. The molecule has 0 amide bonds. The molecule has 3 rings (SSSR count). The second kappa shape index (κ2) is 9.22. The summed E-state index contributed by atoms with van der Waals surface area (Å²) in [5.74, 6) is -0.287. The Morgan fingerprint density at radius 1 is 1.06 bits per heavy atom. The lowest BCUT2D eigenvalue weighted by Gasteiger charge is -2.25. The molecule has 0 aliphatic heterocycles. The minimum absolute atomic E-state index is 0.0234. The van der Waals surface area contributed by atoms with Gasteiger partial charge >= 0.3 is 12.4 Å². The molecule has 0 radical (unpaired) electrons. The van der Waals surface area contributed by atoms with E-state index in [-0.39, 0.29) is 11.8 Å². The van der Waals surface area contributed by atoms with Crippen molar-refractivity contribution in [1.82, 2.24) is 10.2 Å². The van der Waals surface area contributed by atoms with Crippen LogP contribution in [0.1, 0.15) is 11.5 Å². The van der Waals surface area contributed by atoms with Gasteiger partial charge in [0.05, 0.1) is 18.7 Å². The van der Waals surface area contributed by atoms with Gasteiger partial charge in [0.2, 0.25) is 11.8 Å². The lowest BCUT2D eigenvalue weighted by molar-refractivity contribution is -0.136. The minimum atomic E-state index is -4.92. The first-order chi connectivity index (χ1) is 15.4. The quantitative estimate of drug-likeness (QED) is 0.333. The fourth-order valence-corrected chi connectivity index (χ4v) is 3.41. The highest BCUT2D eigenvalue weighted by atomic mass is 32.2. The molecule has 1 unspecified atom stereocenters. The minimum Gasteiger partial charge on any atom is -0.419 e. The van der Waals surface area contributed by atoms with Gasteiger partial charge in [-0.3, -0.25) is 4.21 Å². The molecule has 0 bridgehead atoms. The number of rotatable bonds is 6. The van der Waals surface area contributed by atoms with Crippen molar-refractivity contribution in [2.45, 2.75) is 23.8 Å². The molecule has 1 heterocycles. The van der Waals surface area contributed by atoms with Gasteiger partial charge < -0.3 is 9.32 Å². The summed E-state index contributed by atoms with van der Waals surface area (Å²) in [7, 11) is -1.22. The first kappa shape index (κ1) is 24.2. The smallest absolute Gasteiger partial charge is 0.407 e. The molecule has 0 aliphatic carbocycles. The van der Waals surface area contributed by atoms with E-state index < -0.39 is 53.2 Å². The van der Waals surface area contributed by atoms with E-state index in [1.807, 2.05) is 0 Å². The molecule has 174 valence electrons. The average Bonchev–Trinajstić information content (AvgIpc) is 3.20. The molecule has 6 nitrogen and oxygen atoms in total. The number of halogens is 6. The molecule has 3 aromatic rings. The first-order valence-corrected chi connectivity index (χ1v) is 10.6. The summed E-state index contributed by atoms with van der Waals surface area (Å²) in [6, 6.07) is 8.49. The summed E-state index contributed by atoms with van der Waals surface area (Å²) in [6.07, 6.45) is -8.18. The molecule has 0 saturated carbocycles. The van der Waals surface area contributed by atoms with Crippen molar-refractivity contribution in [3.63, 3.8) is 0 Å². The summed E-state index contributed by atoms with van der Waals surface area (Å²) in [5.41, 5.74) is -2.07. The average molecular weight is 488 g/mol. The fourth-order valence-electron chi connectivity index (χ4n) is 2.89. The second-order valence-corrected chi connectivity index (χ2v) is 8.14. The monoisotopic (exact) mass is 488 g/mol. The van der Waals surface area contributed by atoms with Crippen molar-refractivity contribution in [2.24, 2.45) is 0 Å². The van der Waals surface area contributed by atoms with Crippen molar-refractivity contribution >= 4 is 22.2 Å². The first-order valence-electron chi connectivity index (χ1n) is 9.04. The van der Waals surface area contributed by atoms with Crippen LogP contribution in [0.3, 0.4) is 0 Å². The standard InChI is InChI=1S/C20H14F6N4O2S/c1-27-16-8-5-13(9-15(16)20(24,25)26)30(11-19(21,22)23)10-17-28-29-18(32-17)12-3-6-14(7-4-12)33(2)31/h3-9H,10-11H2,2H3. The van der Waals surface area contributed by atoms with E-state index in [1.165, 1.54) is 6.26 Å². The normalized spacial score (nSPS) is 12.9. The highest BCUT2D eigenvalue weighted by Gasteiger charge is 2.36. The molecule has 2 aromatic carbocycles. The number of alkyl halides is 6. The van der Waals surface area contributed by atoms with E-state index in [2.05, 4.69) is 15.0 Å². The summed E-state index contributed by atoms with van der Waals surface area (Å²) >= 11 is 0. The highest BCUT2D eigenvalue weighted by molar-refractivity contribution is 7.84. The van der Waals surface area contributed by atoms with Crippen LogP contribution < -0.4 is 4.90 Å². The predicted molar refractivity (Wildman–Crippen MR) is 107 cm³/mol. The Bertz CT molecular complexity index is 1200. The lowest BCUT2D eigenvalue weighted by atomic mass is 10.1. The molecule has 0 spiro atoms. The third kappa shape index (κ3) is 6.10. The van der Waals surface area contributed by atoms with Gasteiger partial charge in [-0.05, 0) is 36.4 Å². The molecule has 13 heteroatoms. The number of hydrogen-bond acceptors (Lipinski definition) is 5. The van der Waals surface area contributed by atoms with E-state index in [0.29, 0.717) is 21.4 Å². The van der Waals surface area contributed by atoms with Crippen molar-refractivity contribution in [1.29, 1.82) is 0 Å². The zero-order chi connectivity index (χ0) is 24.4. The number of nitrogens with zero attached hydrogens (tertiary/aromatic N) is 4. The van der Waals surface area contributed by atoms with Crippen LogP contribution in [0.15, 0.2) is 51.8 Å². The van der Waals surface area contributed by atoms with E-state index in [1.54, 1.807) is 24.3 Å². The van der Waals surface area contributed by atoms with Crippen LogP contribution in [0.2, 0.25) is 0 Å². The van der Waals surface area contributed by atoms with Crippen LogP contribution in [0.4, 0.5) is 37.7 Å². The largest absolute Gasteiger partial charge is 0.419 e. The van der Waals surface area contributed by atoms with Crippen molar-refractivity contribution in [3.8, 4) is 11.5 Å². The molecule has 0 saturated heterocycles. The van der Waals surface area contributed by atoms with E-state index >= 15 is 0 Å². The lowest BCUT2D eigenvalue weighted by Crippen LogP contribution is -2.34. The molecular formula is C20H14F6N4O2S. The molecule has 0 N–H and O–H groups in total. The maximum absolute atomic E-state index is 13.3. The number of benzene rings is 2. The Morgan fingerprint density at radius 3 is 2.27 bits per heavy atom. The zero-order valence-corrected chi connectivity index (χ0v) is 17.6. The molecule has 1 aromatic heterocycles. The fraction of sp³-hybridized carbons (Fsp3) is 0.250. The van der Waals surface area contributed by atoms with Crippen LogP contribution in [-0.4, -0.2) is 33.4 Å². The van der Waals surface area contributed by atoms with Crippen molar-refractivity contribution < 1.29 is 35.0 Å². The van der Waals surface area contributed by atoms with Gasteiger partial charge in [-0.2, -0.15) is 26.3 Å².